The van der Waals surface area contributed by atoms with Crippen LogP contribution in [0.25, 0.3) is 22.3 Å². The first-order chi connectivity index (χ1) is 12.7. The zero-order chi connectivity index (χ0) is 18.1. The molecule has 0 bridgehead atoms. The van der Waals surface area contributed by atoms with Gasteiger partial charge < -0.3 is 4.90 Å². The summed E-state index contributed by atoms with van der Waals surface area (Å²) in [7, 11) is 0. The van der Waals surface area contributed by atoms with Crippen molar-refractivity contribution in [2.24, 2.45) is 0 Å². The van der Waals surface area contributed by atoms with Crippen molar-refractivity contribution in [1.82, 2.24) is 24.6 Å². The second-order valence-corrected chi connectivity index (χ2v) is 6.30. The van der Waals surface area contributed by atoms with Gasteiger partial charge >= 0.3 is 0 Å². The largest absolute Gasteiger partial charge is 0.334 e. The number of rotatable bonds is 4. The minimum atomic E-state index is -0.341. The van der Waals surface area contributed by atoms with Gasteiger partial charge in [0.25, 0.3) is 0 Å². The third-order valence-electron chi connectivity index (χ3n) is 4.76. The van der Waals surface area contributed by atoms with E-state index < -0.39 is 0 Å². The van der Waals surface area contributed by atoms with Crippen LogP contribution in [0.4, 0.5) is 4.39 Å². The van der Waals surface area contributed by atoms with Crippen LogP contribution in [0.3, 0.4) is 0 Å². The fraction of sp³-hybridized carbons (Fsp3) is 0.263. The van der Waals surface area contributed by atoms with Gasteiger partial charge in [-0.1, -0.05) is 18.7 Å². The number of carbonyl (C=O) groups is 1. The Labute approximate surface area is 150 Å². The fourth-order valence-corrected chi connectivity index (χ4v) is 3.53. The van der Waals surface area contributed by atoms with Crippen LogP contribution in [0, 0.1) is 5.82 Å². The van der Waals surface area contributed by atoms with E-state index >= 15 is 0 Å². The smallest absolute Gasteiger partial charge is 0.246 e. The van der Waals surface area contributed by atoms with Gasteiger partial charge in [-0.2, -0.15) is 5.10 Å². The second kappa shape index (κ2) is 6.67. The van der Waals surface area contributed by atoms with Gasteiger partial charge in [0.1, 0.15) is 17.8 Å². The minimum absolute atomic E-state index is 0.0204. The maximum absolute atomic E-state index is 14.3. The number of hydrogen-bond acceptors (Lipinski definition) is 4. The first-order valence-corrected chi connectivity index (χ1v) is 8.53. The quantitative estimate of drug-likeness (QED) is 0.678. The van der Waals surface area contributed by atoms with Crippen molar-refractivity contribution in [2.45, 2.75) is 25.4 Å². The summed E-state index contributed by atoms with van der Waals surface area (Å²) in [5.41, 5.74) is 1.56. The molecule has 3 heterocycles. The van der Waals surface area contributed by atoms with Crippen LogP contribution in [0.1, 0.15) is 12.8 Å². The first kappa shape index (κ1) is 16.4. The molecule has 0 aliphatic carbocycles. The van der Waals surface area contributed by atoms with Crippen molar-refractivity contribution >= 4 is 16.9 Å². The van der Waals surface area contributed by atoms with Crippen molar-refractivity contribution in [1.29, 1.82) is 0 Å². The van der Waals surface area contributed by atoms with E-state index in [9.17, 15) is 9.18 Å². The topological polar surface area (TPSA) is 63.9 Å². The van der Waals surface area contributed by atoms with Gasteiger partial charge in [-0.3, -0.25) is 4.79 Å². The predicted molar refractivity (Wildman–Crippen MR) is 95.6 cm³/mol. The predicted octanol–water partition coefficient (Wildman–Crippen LogP) is 2.81. The van der Waals surface area contributed by atoms with Crippen molar-refractivity contribution in [3.8, 4) is 11.3 Å². The molecule has 132 valence electrons. The molecule has 26 heavy (non-hydrogen) atoms. The molecule has 6 nitrogen and oxygen atoms in total. The van der Waals surface area contributed by atoms with Crippen LogP contribution < -0.4 is 0 Å². The Kier molecular flexibility index (Phi) is 4.20. The highest BCUT2D eigenvalue weighted by molar-refractivity contribution is 5.90. The number of likely N-dealkylation sites (tertiary alicyclic amines) is 1. The Bertz CT molecular complexity index is 983. The number of carbonyl (C=O) groups excluding carboxylic acids is 1. The Balaban J connectivity index is 1.76. The van der Waals surface area contributed by atoms with Crippen molar-refractivity contribution in [3.63, 3.8) is 0 Å². The normalized spacial score (nSPS) is 17.0. The number of benzene rings is 1. The lowest BCUT2D eigenvalue weighted by atomic mass is 10.1. The molecule has 1 atom stereocenters. The van der Waals surface area contributed by atoms with Gasteiger partial charge in [0, 0.05) is 18.3 Å². The van der Waals surface area contributed by atoms with Crippen LogP contribution in [-0.4, -0.2) is 43.1 Å². The Morgan fingerprint density at radius 3 is 3.04 bits per heavy atom. The summed E-state index contributed by atoms with van der Waals surface area (Å²) < 4.78 is 16.0. The van der Waals surface area contributed by atoms with Crippen LogP contribution in [0.2, 0.25) is 0 Å². The molecule has 7 heteroatoms. The van der Waals surface area contributed by atoms with Gasteiger partial charge in [-0.05, 0) is 31.1 Å². The summed E-state index contributed by atoms with van der Waals surface area (Å²) in [6.07, 6.45) is 6.27. The van der Waals surface area contributed by atoms with E-state index in [1.54, 1.807) is 29.1 Å². The van der Waals surface area contributed by atoms with E-state index in [-0.39, 0.29) is 17.8 Å². The number of fused-ring (bicyclic) bond motifs is 1. The van der Waals surface area contributed by atoms with E-state index in [1.165, 1.54) is 18.5 Å². The number of hydrogen-bond donors (Lipinski definition) is 0. The fourth-order valence-electron chi connectivity index (χ4n) is 3.53. The van der Waals surface area contributed by atoms with Gasteiger partial charge in [0.2, 0.25) is 5.91 Å². The highest BCUT2D eigenvalue weighted by Gasteiger charge is 2.29. The van der Waals surface area contributed by atoms with Crippen molar-refractivity contribution < 1.29 is 9.18 Å². The van der Waals surface area contributed by atoms with E-state index in [0.717, 1.165) is 12.8 Å². The average molecular weight is 351 g/mol. The molecule has 1 aliphatic rings. The van der Waals surface area contributed by atoms with Gasteiger partial charge in [0.05, 0.1) is 18.0 Å². The Morgan fingerprint density at radius 1 is 1.38 bits per heavy atom. The number of nitrogens with zero attached hydrogens (tertiary/aromatic N) is 5. The molecule has 0 saturated carbocycles. The van der Waals surface area contributed by atoms with Crippen molar-refractivity contribution in [3.05, 3.63) is 55.3 Å². The highest BCUT2D eigenvalue weighted by atomic mass is 19.1. The summed E-state index contributed by atoms with van der Waals surface area (Å²) in [4.78, 5) is 22.3. The summed E-state index contributed by atoms with van der Waals surface area (Å²) in [6, 6.07) is 6.54. The van der Waals surface area contributed by atoms with Crippen molar-refractivity contribution in [2.75, 3.05) is 6.54 Å². The molecule has 0 spiro atoms. The third-order valence-corrected chi connectivity index (χ3v) is 4.76. The lowest BCUT2D eigenvalue weighted by Crippen LogP contribution is -2.37. The van der Waals surface area contributed by atoms with Gasteiger partial charge in [-0.15, -0.1) is 0 Å². The van der Waals surface area contributed by atoms with E-state index in [2.05, 4.69) is 21.6 Å². The molecule has 1 amide bonds. The maximum Gasteiger partial charge on any atom is 0.246 e. The lowest BCUT2D eigenvalue weighted by molar-refractivity contribution is -0.127. The Morgan fingerprint density at radius 2 is 2.23 bits per heavy atom. The van der Waals surface area contributed by atoms with E-state index in [4.69, 9.17) is 0 Å². The van der Waals surface area contributed by atoms with Gasteiger partial charge in [0.15, 0.2) is 5.65 Å². The molecule has 1 aromatic carbocycles. The zero-order valence-corrected chi connectivity index (χ0v) is 14.2. The zero-order valence-electron chi connectivity index (χ0n) is 14.2. The molecule has 3 aromatic rings. The molecule has 1 saturated heterocycles. The van der Waals surface area contributed by atoms with Crippen LogP contribution in [0.15, 0.2) is 49.4 Å². The van der Waals surface area contributed by atoms with Gasteiger partial charge in [-0.25, -0.2) is 19.0 Å². The summed E-state index contributed by atoms with van der Waals surface area (Å²) in [5.74, 6) is -0.417. The third kappa shape index (κ3) is 2.75. The minimum Gasteiger partial charge on any atom is -0.334 e. The molecule has 0 N–H and O–H groups in total. The SMILES string of the molecule is C=CC(=O)N1CCC[C@H]1Cn1nc(-c2ccccc2F)c2cncnc21. The van der Waals surface area contributed by atoms with E-state index in [1.807, 2.05) is 4.90 Å². The number of aromatic nitrogens is 4. The summed E-state index contributed by atoms with van der Waals surface area (Å²) in [5, 5.41) is 5.31. The molecule has 2 aromatic heterocycles. The molecule has 0 unspecified atom stereocenters. The van der Waals surface area contributed by atoms with Crippen LogP contribution in [0.5, 0.6) is 0 Å². The first-order valence-electron chi connectivity index (χ1n) is 8.53. The van der Waals surface area contributed by atoms with E-state index in [0.29, 0.717) is 35.4 Å². The molecular formula is C19H18FN5O. The maximum atomic E-state index is 14.3. The summed E-state index contributed by atoms with van der Waals surface area (Å²) in [6.45, 7) is 4.79. The molecule has 4 rings (SSSR count). The standard InChI is InChI=1S/C19H18FN5O/c1-2-17(26)24-9-5-6-13(24)11-25-19-15(10-21-12-22-19)18(23-25)14-7-3-4-8-16(14)20/h2-4,7-8,10,12-13H,1,5-6,9,11H2/t13-/m0/s1. The highest BCUT2D eigenvalue weighted by Crippen LogP contribution is 2.29. The lowest BCUT2D eigenvalue weighted by Gasteiger charge is -2.23. The summed E-state index contributed by atoms with van der Waals surface area (Å²) >= 11 is 0. The monoisotopic (exact) mass is 351 g/mol. The van der Waals surface area contributed by atoms with Crippen LogP contribution >= 0.6 is 0 Å². The molecule has 1 aliphatic heterocycles. The molecule has 1 fully saturated rings. The second-order valence-electron chi connectivity index (χ2n) is 6.30. The number of halogens is 1. The Hall–Kier alpha value is -3.09. The average Bonchev–Trinajstić information content (AvgIpc) is 3.27. The molecular weight excluding hydrogens is 333 g/mol. The van der Waals surface area contributed by atoms with Crippen LogP contribution in [-0.2, 0) is 11.3 Å². The number of amides is 1. The molecule has 0 radical (unpaired) electrons.